The third-order valence-electron chi connectivity index (χ3n) is 6.91. The van der Waals surface area contributed by atoms with Gasteiger partial charge >= 0.3 is 0 Å². The normalized spacial score (nSPS) is 17.2. The predicted octanol–water partition coefficient (Wildman–Crippen LogP) is 4.59. The standard InChI is InChI=1S/C26H26N8O/c1-2-21-25-32-29-16-33(25)22-15-28-23(31-24(22)34(21)18-10-6-7-11-18)19-12-13-27-14-20(19)30-26(35)17-8-4-3-5-9-17/h3-5,8-9,12-16,18,21H,2,6-7,10-11H2,1H3,(H,30,35). The summed E-state index contributed by atoms with van der Waals surface area (Å²) in [5, 5.41) is 11.6. The molecule has 3 aromatic heterocycles. The number of anilines is 2. The van der Waals surface area contributed by atoms with Gasteiger partial charge in [-0.3, -0.25) is 14.3 Å². The number of rotatable bonds is 5. The van der Waals surface area contributed by atoms with Gasteiger partial charge < -0.3 is 10.2 Å². The van der Waals surface area contributed by atoms with Gasteiger partial charge in [-0.05, 0) is 37.5 Å². The van der Waals surface area contributed by atoms with E-state index < -0.39 is 0 Å². The van der Waals surface area contributed by atoms with Crippen LogP contribution in [0.25, 0.3) is 17.1 Å². The second-order valence-electron chi connectivity index (χ2n) is 8.97. The highest BCUT2D eigenvalue weighted by Gasteiger charge is 2.38. The van der Waals surface area contributed by atoms with Gasteiger partial charge in [-0.15, -0.1) is 10.2 Å². The minimum Gasteiger partial charge on any atom is -0.342 e. The fraction of sp³-hybridized carbons (Fsp3) is 0.308. The maximum Gasteiger partial charge on any atom is 0.255 e. The molecule has 9 nitrogen and oxygen atoms in total. The summed E-state index contributed by atoms with van der Waals surface area (Å²) in [5.41, 5.74) is 2.75. The topological polar surface area (TPSA) is 102 Å². The van der Waals surface area contributed by atoms with Gasteiger partial charge in [-0.2, -0.15) is 0 Å². The number of hydrogen-bond acceptors (Lipinski definition) is 7. The number of nitrogens with one attached hydrogen (secondary N) is 1. The SMILES string of the molecule is CCC1c2nncn2-c2cnc(-c3ccncc3NC(=O)c3ccccc3)nc2N1C1CCCC1. The number of carbonyl (C=O) groups excluding carboxylic acids is 1. The molecule has 0 radical (unpaired) electrons. The molecule has 1 atom stereocenters. The summed E-state index contributed by atoms with van der Waals surface area (Å²) in [4.78, 5) is 29.3. The van der Waals surface area contributed by atoms with Crippen LogP contribution in [0.2, 0.25) is 0 Å². The van der Waals surface area contributed by atoms with Crippen molar-refractivity contribution in [3.05, 3.63) is 72.7 Å². The summed E-state index contributed by atoms with van der Waals surface area (Å²) in [6, 6.07) is 11.5. The Morgan fingerprint density at radius 2 is 1.94 bits per heavy atom. The molecule has 0 bridgehead atoms. The third-order valence-corrected chi connectivity index (χ3v) is 6.91. The van der Waals surface area contributed by atoms with Crippen molar-refractivity contribution in [2.24, 2.45) is 0 Å². The average Bonchev–Trinajstić information content (AvgIpc) is 3.61. The molecule has 6 rings (SSSR count). The van der Waals surface area contributed by atoms with Crippen molar-refractivity contribution in [2.75, 3.05) is 10.2 Å². The summed E-state index contributed by atoms with van der Waals surface area (Å²) < 4.78 is 2.00. The van der Waals surface area contributed by atoms with Crippen LogP contribution in [0.3, 0.4) is 0 Å². The Balaban J connectivity index is 1.43. The van der Waals surface area contributed by atoms with Crippen molar-refractivity contribution in [1.29, 1.82) is 0 Å². The van der Waals surface area contributed by atoms with E-state index in [0.29, 0.717) is 23.1 Å². The second kappa shape index (κ2) is 8.90. The first-order valence-corrected chi connectivity index (χ1v) is 12.1. The first-order valence-electron chi connectivity index (χ1n) is 12.1. The number of amides is 1. The van der Waals surface area contributed by atoms with Crippen LogP contribution >= 0.6 is 0 Å². The minimum absolute atomic E-state index is 0.102. The molecule has 1 amide bonds. The number of nitrogens with zero attached hydrogens (tertiary/aromatic N) is 7. The largest absolute Gasteiger partial charge is 0.342 e. The Bertz CT molecular complexity index is 1360. The molecule has 0 saturated heterocycles. The number of hydrogen-bond donors (Lipinski definition) is 1. The van der Waals surface area contributed by atoms with Gasteiger partial charge in [-0.25, -0.2) is 9.97 Å². The van der Waals surface area contributed by atoms with E-state index in [4.69, 9.17) is 9.97 Å². The highest BCUT2D eigenvalue weighted by molar-refractivity contribution is 6.05. The van der Waals surface area contributed by atoms with Crippen LogP contribution in [0.4, 0.5) is 11.5 Å². The molecule has 4 aromatic rings. The zero-order chi connectivity index (χ0) is 23.8. The number of fused-ring (bicyclic) bond motifs is 3. The van der Waals surface area contributed by atoms with E-state index in [1.165, 1.54) is 12.8 Å². The summed E-state index contributed by atoms with van der Waals surface area (Å²) in [5.74, 6) is 2.16. The molecule has 4 heterocycles. The van der Waals surface area contributed by atoms with Crippen LogP contribution < -0.4 is 10.2 Å². The number of aromatic nitrogens is 6. The Morgan fingerprint density at radius 3 is 2.74 bits per heavy atom. The highest BCUT2D eigenvalue weighted by Crippen LogP contribution is 2.43. The second-order valence-corrected chi connectivity index (χ2v) is 8.97. The van der Waals surface area contributed by atoms with E-state index in [1.807, 2.05) is 35.0 Å². The summed E-state index contributed by atoms with van der Waals surface area (Å²) in [6.07, 6.45) is 12.5. The van der Waals surface area contributed by atoms with Crippen LogP contribution in [0, 0.1) is 0 Å². The van der Waals surface area contributed by atoms with Crippen LogP contribution in [-0.2, 0) is 0 Å². The fourth-order valence-corrected chi connectivity index (χ4v) is 5.25. The Labute approximate surface area is 203 Å². The van der Waals surface area contributed by atoms with Gasteiger partial charge in [0.05, 0.1) is 24.1 Å². The zero-order valence-electron chi connectivity index (χ0n) is 19.5. The van der Waals surface area contributed by atoms with E-state index in [0.717, 1.165) is 42.2 Å². The molecule has 1 aliphatic carbocycles. The molecular weight excluding hydrogens is 440 g/mol. The monoisotopic (exact) mass is 466 g/mol. The Morgan fingerprint density at radius 1 is 1.11 bits per heavy atom. The lowest BCUT2D eigenvalue weighted by molar-refractivity contribution is 0.102. The molecule has 1 aromatic carbocycles. The lowest BCUT2D eigenvalue weighted by Crippen LogP contribution is -2.42. The van der Waals surface area contributed by atoms with Gasteiger partial charge in [0.15, 0.2) is 17.5 Å². The molecule has 0 spiro atoms. The molecule has 176 valence electrons. The maximum atomic E-state index is 12.8. The van der Waals surface area contributed by atoms with Crippen molar-refractivity contribution in [3.63, 3.8) is 0 Å². The van der Waals surface area contributed by atoms with Crippen LogP contribution in [0.5, 0.6) is 0 Å². The molecule has 2 aliphatic rings. The van der Waals surface area contributed by atoms with Crippen molar-refractivity contribution in [2.45, 2.75) is 51.1 Å². The van der Waals surface area contributed by atoms with E-state index >= 15 is 0 Å². The molecule has 35 heavy (non-hydrogen) atoms. The van der Waals surface area contributed by atoms with E-state index in [2.05, 4.69) is 32.3 Å². The number of carbonyl (C=O) groups is 1. The van der Waals surface area contributed by atoms with Crippen LogP contribution in [0.15, 0.2) is 61.3 Å². The highest BCUT2D eigenvalue weighted by atomic mass is 16.1. The van der Waals surface area contributed by atoms with Crippen molar-refractivity contribution in [3.8, 4) is 17.1 Å². The minimum atomic E-state index is -0.203. The first-order chi connectivity index (χ1) is 17.2. The molecular formula is C26H26N8O. The fourth-order valence-electron chi connectivity index (χ4n) is 5.25. The Hall–Kier alpha value is -4.14. The predicted molar refractivity (Wildman–Crippen MR) is 132 cm³/mol. The van der Waals surface area contributed by atoms with Crippen molar-refractivity contribution < 1.29 is 4.79 Å². The van der Waals surface area contributed by atoms with Crippen LogP contribution in [0.1, 0.15) is 61.3 Å². The maximum absolute atomic E-state index is 12.8. The summed E-state index contributed by atoms with van der Waals surface area (Å²) in [7, 11) is 0. The van der Waals surface area contributed by atoms with E-state index in [1.54, 1.807) is 30.9 Å². The lowest BCUT2D eigenvalue weighted by atomic mass is 10.0. The molecule has 1 aliphatic heterocycles. The van der Waals surface area contributed by atoms with Gasteiger partial charge in [0.2, 0.25) is 0 Å². The molecule has 1 unspecified atom stereocenters. The number of benzene rings is 1. The van der Waals surface area contributed by atoms with Crippen molar-refractivity contribution >= 4 is 17.4 Å². The van der Waals surface area contributed by atoms with E-state index in [-0.39, 0.29) is 11.9 Å². The average molecular weight is 467 g/mol. The molecule has 1 N–H and O–H groups in total. The van der Waals surface area contributed by atoms with Crippen LogP contribution in [-0.4, -0.2) is 41.7 Å². The lowest BCUT2D eigenvalue weighted by Gasteiger charge is -2.40. The quantitative estimate of drug-likeness (QED) is 0.459. The first kappa shape index (κ1) is 21.4. The molecule has 9 heteroatoms. The zero-order valence-corrected chi connectivity index (χ0v) is 19.5. The smallest absolute Gasteiger partial charge is 0.255 e. The third kappa shape index (κ3) is 3.73. The van der Waals surface area contributed by atoms with E-state index in [9.17, 15) is 4.79 Å². The van der Waals surface area contributed by atoms with Gasteiger partial charge in [0, 0.05) is 23.4 Å². The van der Waals surface area contributed by atoms with Gasteiger partial charge in [-0.1, -0.05) is 38.0 Å². The number of pyridine rings is 1. The summed E-state index contributed by atoms with van der Waals surface area (Å²) >= 11 is 0. The van der Waals surface area contributed by atoms with Gasteiger partial charge in [0.25, 0.3) is 5.91 Å². The molecule has 1 fully saturated rings. The van der Waals surface area contributed by atoms with Gasteiger partial charge in [0.1, 0.15) is 12.0 Å². The van der Waals surface area contributed by atoms with Crippen molar-refractivity contribution in [1.82, 2.24) is 29.7 Å². The Kier molecular flexibility index (Phi) is 5.44. The molecule has 1 saturated carbocycles. The summed E-state index contributed by atoms with van der Waals surface area (Å²) in [6.45, 7) is 2.18.